The van der Waals surface area contributed by atoms with Gasteiger partial charge in [0.1, 0.15) is 11.6 Å². The minimum atomic E-state index is 0.600. The third-order valence-electron chi connectivity index (χ3n) is 2.62. The maximum Gasteiger partial charge on any atom is 0.130 e. The molecule has 1 heterocycles. The van der Waals surface area contributed by atoms with Crippen LogP contribution in [0, 0.1) is 6.92 Å². The van der Waals surface area contributed by atoms with Crippen LogP contribution in [0.3, 0.4) is 0 Å². The van der Waals surface area contributed by atoms with E-state index in [1.807, 2.05) is 31.8 Å². The average molecular weight is 273 g/mol. The van der Waals surface area contributed by atoms with E-state index in [2.05, 4.69) is 53.4 Å². The van der Waals surface area contributed by atoms with Crippen LogP contribution in [0.4, 0.5) is 5.82 Å². The molecule has 0 unspecified atom stereocenters. The first-order valence-corrected chi connectivity index (χ1v) is 7.27. The third-order valence-corrected chi connectivity index (χ3v) is 3.63. The van der Waals surface area contributed by atoms with Crippen LogP contribution in [-0.2, 0) is 0 Å². The van der Waals surface area contributed by atoms with Crippen molar-refractivity contribution in [1.29, 1.82) is 0 Å². The summed E-state index contributed by atoms with van der Waals surface area (Å²) in [6, 6.07) is 10.5. The lowest BCUT2D eigenvalue weighted by Crippen LogP contribution is -1.98. The van der Waals surface area contributed by atoms with Gasteiger partial charge >= 0.3 is 0 Å². The van der Waals surface area contributed by atoms with Crippen molar-refractivity contribution in [2.24, 2.45) is 0 Å². The minimum Gasteiger partial charge on any atom is -0.373 e. The Morgan fingerprint density at radius 2 is 1.79 bits per heavy atom. The molecule has 0 atom stereocenters. The van der Waals surface area contributed by atoms with Gasteiger partial charge in [0, 0.05) is 28.8 Å². The topological polar surface area (TPSA) is 37.8 Å². The molecular formula is C15H19N3S. The molecule has 0 aliphatic heterocycles. The second kappa shape index (κ2) is 6.06. The van der Waals surface area contributed by atoms with Crippen LogP contribution in [0.2, 0.25) is 0 Å². The van der Waals surface area contributed by atoms with Crippen LogP contribution in [0.25, 0.3) is 11.3 Å². The summed E-state index contributed by atoms with van der Waals surface area (Å²) in [5.74, 6) is 1.63. The summed E-state index contributed by atoms with van der Waals surface area (Å²) in [5, 5.41) is 3.66. The standard InChI is InChI=1S/C15H19N3S/c1-10(2)19-13-7-5-12(6-8-13)14-9-15(16-4)18-11(3)17-14/h5-10H,1-4H3,(H,16,17,18). The number of benzene rings is 1. The molecule has 0 aliphatic carbocycles. The third kappa shape index (κ3) is 3.70. The Hall–Kier alpha value is -1.55. The predicted octanol–water partition coefficient (Wildman–Crippen LogP) is 3.99. The zero-order valence-corrected chi connectivity index (χ0v) is 12.6. The molecule has 0 saturated carbocycles. The lowest BCUT2D eigenvalue weighted by Gasteiger charge is -2.08. The molecule has 19 heavy (non-hydrogen) atoms. The van der Waals surface area contributed by atoms with Gasteiger partial charge in [0.15, 0.2) is 0 Å². The molecule has 2 aromatic rings. The van der Waals surface area contributed by atoms with E-state index in [-0.39, 0.29) is 0 Å². The highest BCUT2D eigenvalue weighted by Crippen LogP contribution is 2.26. The molecule has 3 nitrogen and oxygen atoms in total. The fourth-order valence-corrected chi connectivity index (χ4v) is 2.66. The molecule has 0 amide bonds. The van der Waals surface area contributed by atoms with Crippen LogP contribution in [0.1, 0.15) is 19.7 Å². The van der Waals surface area contributed by atoms with Crippen molar-refractivity contribution in [2.45, 2.75) is 30.9 Å². The molecule has 100 valence electrons. The maximum absolute atomic E-state index is 4.48. The van der Waals surface area contributed by atoms with Crippen LogP contribution >= 0.6 is 11.8 Å². The summed E-state index contributed by atoms with van der Waals surface area (Å²) >= 11 is 1.87. The highest BCUT2D eigenvalue weighted by atomic mass is 32.2. The average Bonchev–Trinajstić information content (AvgIpc) is 2.38. The Morgan fingerprint density at radius 1 is 1.11 bits per heavy atom. The number of aromatic nitrogens is 2. The quantitative estimate of drug-likeness (QED) is 0.855. The van der Waals surface area contributed by atoms with E-state index < -0.39 is 0 Å². The van der Waals surface area contributed by atoms with Crippen molar-refractivity contribution in [3.63, 3.8) is 0 Å². The Labute approximate surface area is 118 Å². The summed E-state index contributed by atoms with van der Waals surface area (Å²) in [6.07, 6.45) is 0. The van der Waals surface area contributed by atoms with Crippen molar-refractivity contribution >= 4 is 17.6 Å². The Kier molecular flexibility index (Phi) is 4.43. The fraction of sp³-hybridized carbons (Fsp3) is 0.333. The largest absolute Gasteiger partial charge is 0.373 e. The second-order valence-electron chi connectivity index (χ2n) is 4.63. The second-order valence-corrected chi connectivity index (χ2v) is 6.28. The normalized spacial score (nSPS) is 10.8. The van der Waals surface area contributed by atoms with Gasteiger partial charge in [-0.3, -0.25) is 0 Å². The molecule has 0 saturated heterocycles. The summed E-state index contributed by atoms with van der Waals surface area (Å²) in [5.41, 5.74) is 2.08. The van der Waals surface area contributed by atoms with Crippen LogP contribution in [0.15, 0.2) is 35.2 Å². The number of hydrogen-bond donors (Lipinski definition) is 1. The molecule has 1 N–H and O–H groups in total. The van der Waals surface area contributed by atoms with Gasteiger partial charge in [0.25, 0.3) is 0 Å². The molecule has 0 fully saturated rings. The zero-order chi connectivity index (χ0) is 13.8. The van der Waals surface area contributed by atoms with E-state index in [4.69, 9.17) is 0 Å². The van der Waals surface area contributed by atoms with E-state index >= 15 is 0 Å². The van der Waals surface area contributed by atoms with Gasteiger partial charge in [0.05, 0.1) is 5.69 Å². The van der Waals surface area contributed by atoms with Gasteiger partial charge < -0.3 is 5.32 Å². The molecule has 0 bridgehead atoms. The molecule has 0 radical (unpaired) electrons. The smallest absolute Gasteiger partial charge is 0.130 e. The van der Waals surface area contributed by atoms with Crippen molar-refractivity contribution in [2.75, 3.05) is 12.4 Å². The Bertz CT molecular complexity index is 550. The van der Waals surface area contributed by atoms with Gasteiger partial charge in [0.2, 0.25) is 0 Å². The highest BCUT2D eigenvalue weighted by Gasteiger charge is 2.04. The number of rotatable bonds is 4. The zero-order valence-electron chi connectivity index (χ0n) is 11.8. The molecule has 1 aromatic carbocycles. The van der Waals surface area contributed by atoms with Gasteiger partial charge in [-0.05, 0) is 19.1 Å². The van der Waals surface area contributed by atoms with Gasteiger partial charge in [-0.2, -0.15) is 0 Å². The van der Waals surface area contributed by atoms with Crippen LogP contribution in [0.5, 0.6) is 0 Å². The van der Waals surface area contributed by atoms with Crippen molar-refractivity contribution < 1.29 is 0 Å². The maximum atomic E-state index is 4.48. The SMILES string of the molecule is CNc1cc(-c2ccc(SC(C)C)cc2)nc(C)n1. The summed E-state index contributed by atoms with van der Waals surface area (Å²) in [4.78, 5) is 10.1. The molecule has 2 rings (SSSR count). The van der Waals surface area contributed by atoms with Crippen LogP contribution in [-0.4, -0.2) is 22.3 Å². The number of hydrogen-bond acceptors (Lipinski definition) is 4. The van der Waals surface area contributed by atoms with Crippen molar-refractivity contribution in [1.82, 2.24) is 9.97 Å². The van der Waals surface area contributed by atoms with Gasteiger partial charge in [-0.25, -0.2) is 9.97 Å². The predicted molar refractivity (Wildman–Crippen MR) is 82.7 cm³/mol. The summed E-state index contributed by atoms with van der Waals surface area (Å²) < 4.78 is 0. The monoisotopic (exact) mass is 273 g/mol. The van der Waals surface area contributed by atoms with Crippen molar-refractivity contribution in [3.05, 3.63) is 36.2 Å². The first-order chi connectivity index (χ1) is 9.08. The number of aryl methyl sites for hydroxylation is 1. The fourth-order valence-electron chi connectivity index (χ4n) is 1.82. The summed E-state index contributed by atoms with van der Waals surface area (Å²) in [7, 11) is 1.87. The summed E-state index contributed by atoms with van der Waals surface area (Å²) in [6.45, 7) is 6.31. The Balaban J connectivity index is 2.29. The first-order valence-electron chi connectivity index (χ1n) is 6.39. The molecule has 1 aromatic heterocycles. The number of anilines is 1. The number of thioether (sulfide) groups is 1. The molecule has 0 spiro atoms. The lowest BCUT2D eigenvalue weighted by atomic mass is 10.1. The van der Waals surface area contributed by atoms with E-state index in [0.29, 0.717) is 5.25 Å². The Morgan fingerprint density at radius 3 is 2.37 bits per heavy atom. The first kappa shape index (κ1) is 13.9. The van der Waals surface area contributed by atoms with E-state index in [1.54, 1.807) is 0 Å². The highest BCUT2D eigenvalue weighted by molar-refractivity contribution is 7.99. The van der Waals surface area contributed by atoms with Gasteiger partial charge in [-0.1, -0.05) is 26.0 Å². The lowest BCUT2D eigenvalue weighted by molar-refractivity contribution is 1.06. The minimum absolute atomic E-state index is 0.600. The van der Waals surface area contributed by atoms with Crippen LogP contribution < -0.4 is 5.32 Å². The molecule has 4 heteroatoms. The van der Waals surface area contributed by atoms with E-state index in [1.165, 1.54) is 4.90 Å². The molecular weight excluding hydrogens is 254 g/mol. The molecule has 0 aliphatic rings. The van der Waals surface area contributed by atoms with E-state index in [0.717, 1.165) is 22.9 Å². The number of nitrogens with zero attached hydrogens (tertiary/aromatic N) is 2. The van der Waals surface area contributed by atoms with Gasteiger partial charge in [-0.15, -0.1) is 11.8 Å². The van der Waals surface area contributed by atoms with E-state index in [9.17, 15) is 0 Å². The number of nitrogens with one attached hydrogen (secondary N) is 1. The van der Waals surface area contributed by atoms with Crippen molar-refractivity contribution in [3.8, 4) is 11.3 Å².